The van der Waals surface area contributed by atoms with Crippen LogP contribution in [-0.2, 0) is 0 Å². The molecule has 0 radical (unpaired) electrons. The second kappa shape index (κ2) is 4.22. The minimum Gasteiger partial charge on any atom is -0.399 e. The van der Waals surface area contributed by atoms with Crippen LogP contribution in [0, 0.1) is 11.7 Å². The molecule has 1 aliphatic rings. The fraction of sp³-hybridized carbons (Fsp3) is 0.455. The zero-order valence-corrected chi connectivity index (χ0v) is 8.82. The molecule has 1 fully saturated rings. The van der Waals surface area contributed by atoms with Crippen molar-refractivity contribution in [1.82, 2.24) is 0 Å². The number of benzene rings is 1. The van der Waals surface area contributed by atoms with Gasteiger partial charge in [0.05, 0.1) is 0 Å². The van der Waals surface area contributed by atoms with Gasteiger partial charge in [-0.05, 0) is 36.3 Å². The van der Waals surface area contributed by atoms with Gasteiger partial charge in [0.15, 0.2) is 0 Å². The molecule has 76 valence electrons. The van der Waals surface area contributed by atoms with Crippen LogP contribution in [0.4, 0.5) is 10.1 Å². The Labute approximate surface area is 87.9 Å². The number of nitrogens with two attached hydrogens (primary N) is 1. The summed E-state index contributed by atoms with van der Waals surface area (Å²) in [6.07, 6.45) is 3.95. The van der Waals surface area contributed by atoms with Crippen molar-refractivity contribution in [3.63, 3.8) is 0 Å². The van der Waals surface area contributed by atoms with Crippen LogP contribution in [0.2, 0.25) is 0 Å². The normalized spacial score (nSPS) is 15.8. The minimum atomic E-state index is -0.189. The maximum absolute atomic E-state index is 13.3. The van der Waals surface area contributed by atoms with Gasteiger partial charge in [-0.1, -0.05) is 12.8 Å². The lowest BCUT2D eigenvalue weighted by atomic mass is 10.3. The summed E-state index contributed by atoms with van der Waals surface area (Å²) in [4.78, 5) is 0.722. The van der Waals surface area contributed by atoms with Gasteiger partial charge in [-0.2, -0.15) is 0 Å². The first-order chi connectivity index (χ1) is 6.75. The number of rotatable bonds is 4. The lowest BCUT2D eigenvalue weighted by Crippen LogP contribution is -1.89. The first kappa shape index (κ1) is 9.84. The summed E-state index contributed by atoms with van der Waals surface area (Å²) in [5.41, 5.74) is 5.96. The number of thioether (sulfide) groups is 1. The number of anilines is 1. The molecular formula is C11H14FNS. The maximum Gasteiger partial charge on any atom is 0.138 e. The molecule has 2 N–H and O–H groups in total. The molecule has 1 aliphatic carbocycles. The van der Waals surface area contributed by atoms with E-state index in [1.807, 2.05) is 0 Å². The van der Waals surface area contributed by atoms with Crippen molar-refractivity contribution in [3.05, 3.63) is 24.0 Å². The Hall–Kier alpha value is -0.700. The molecule has 0 aromatic heterocycles. The summed E-state index contributed by atoms with van der Waals surface area (Å²) < 4.78 is 13.3. The third-order valence-electron chi connectivity index (χ3n) is 2.44. The van der Waals surface area contributed by atoms with Crippen molar-refractivity contribution in [2.45, 2.75) is 24.2 Å². The van der Waals surface area contributed by atoms with Crippen LogP contribution in [0.25, 0.3) is 0 Å². The van der Waals surface area contributed by atoms with E-state index >= 15 is 0 Å². The van der Waals surface area contributed by atoms with Gasteiger partial charge >= 0.3 is 0 Å². The van der Waals surface area contributed by atoms with E-state index in [0.29, 0.717) is 5.69 Å². The summed E-state index contributed by atoms with van der Waals surface area (Å²) in [5.74, 6) is 1.75. The Morgan fingerprint density at radius 3 is 2.86 bits per heavy atom. The van der Waals surface area contributed by atoms with E-state index < -0.39 is 0 Å². The Bertz CT molecular complexity index is 323. The third-order valence-corrected chi connectivity index (χ3v) is 3.52. The standard InChI is InChI=1S/C11H14FNS/c12-10-7-9(13)3-4-11(10)14-6-5-8-1-2-8/h3-4,7-8H,1-2,5-6,13H2. The highest BCUT2D eigenvalue weighted by molar-refractivity contribution is 7.99. The van der Waals surface area contributed by atoms with E-state index in [1.165, 1.54) is 25.3 Å². The van der Waals surface area contributed by atoms with E-state index in [-0.39, 0.29) is 5.82 Å². The van der Waals surface area contributed by atoms with Crippen LogP contribution in [0.1, 0.15) is 19.3 Å². The molecule has 14 heavy (non-hydrogen) atoms. The quantitative estimate of drug-likeness (QED) is 0.611. The minimum absolute atomic E-state index is 0.189. The Morgan fingerprint density at radius 1 is 1.43 bits per heavy atom. The van der Waals surface area contributed by atoms with Crippen molar-refractivity contribution < 1.29 is 4.39 Å². The fourth-order valence-electron chi connectivity index (χ4n) is 1.38. The molecule has 3 heteroatoms. The average molecular weight is 211 g/mol. The third kappa shape index (κ3) is 2.64. The predicted molar refractivity (Wildman–Crippen MR) is 58.9 cm³/mol. The number of hydrogen-bond donors (Lipinski definition) is 1. The van der Waals surface area contributed by atoms with Crippen LogP contribution < -0.4 is 5.73 Å². The highest BCUT2D eigenvalue weighted by Gasteiger charge is 2.20. The zero-order chi connectivity index (χ0) is 9.97. The molecule has 0 amide bonds. The molecule has 0 spiro atoms. The van der Waals surface area contributed by atoms with Crippen LogP contribution >= 0.6 is 11.8 Å². The van der Waals surface area contributed by atoms with Crippen molar-refractivity contribution in [3.8, 4) is 0 Å². The Morgan fingerprint density at radius 2 is 2.21 bits per heavy atom. The molecule has 0 aliphatic heterocycles. The van der Waals surface area contributed by atoms with Gasteiger partial charge < -0.3 is 5.73 Å². The van der Waals surface area contributed by atoms with E-state index in [9.17, 15) is 4.39 Å². The van der Waals surface area contributed by atoms with Crippen molar-refractivity contribution in [2.24, 2.45) is 5.92 Å². The van der Waals surface area contributed by atoms with Crippen LogP contribution in [0.15, 0.2) is 23.1 Å². The second-order valence-electron chi connectivity index (χ2n) is 3.77. The van der Waals surface area contributed by atoms with Crippen molar-refractivity contribution in [2.75, 3.05) is 11.5 Å². The smallest absolute Gasteiger partial charge is 0.138 e. The monoisotopic (exact) mass is 211 g/mol. The number of hydrogen-bond acceptors (Lipinski definition) is 2. The van der Waals surface area contributed by atoms with Crippen molar-refractivity contribution >= 4 is 17.4 Å². The summed E-state index contributed by atoms with van der Waals surface area (Å²) in [7, 11) is 0. The molecular weight excluding hydrogens is 197 g/mol. The summed E-state index contributed by atoms with van der Waals surface area (Å²) in [6.45, 7) is 0. The summed E-state index contributed by atoms with van der Waals surface area (Å²) in [5, 5.41) is 0. The summed E-state index contributed by atoms with van der Waals surface area (Å²) >= 11 is 1.59. The topological polar surface area (TPSA) is 26.0 Å². The SMILES string of the molecule is Nc1ccc(SCCC2CC2)c(F)c1. The Balaban J connectivity index is 1.87. The van der Waals surface area contributed by atoms with Gasteiger partial charge in [-0.25, -0.2) is 4.39 Å². The average Bonchev–Trinajstić information content (AvgIpc) is 2.92. The number of halogens is 1. The molecule has 0 unspecified atom stereocenters. The van der Waals surface area contributed by atoms with Gasteiger partial charge in [0, 0.05) is 10.6 Å². The summed E-state index contributed by atoms with van der Waals surface area (Å²) in [6, 6.07) is 4.91. The van der Waals surface area contributed by atoms with Gasteiger partial charge in [-0.15, -0.1) is 11.8 Å². The zero-order valence-electron chi connectivity index (χ0n) is 8.00. The highest BCUT2D eigenvalue weighted by atomic mass is 32.2. The molecule has 1 aromatic carbocycles. The molecule has 0 saturated heterocycles. The first-order valence-electron chi connectivity index (χ1n) is 4.93. The Kier molecular flexibility index (Phi) is 2.96. The van der Waals surface area contributed by atoms with Gasteiger partial charge in [0.2, 0.25) is 0 Å². The lowest BCUT2D eigenvalue weighted by Gasteiger charge is -2.03. The lowest BCUT2D eigenvalue weighted by molar-refractivity contribution is 0.602. The second-order valence-corrected chi connectivity index (χ2v) is 4.91. The van der Waals surface area contributed by atoms with E-state index in [0.717, 1.165) is 16.6 Å². The molecule has 1 nitrogen and oxygen atoms in total. The molecule has 0 bridgehead atoms. The molecule has 1 aromatic rings. The fourth-order valence-corrected chi connectivity index (χ4v) is 2.41. The predicted octanol–water partition coefficient (Wildman–Crippen LogP) is 3.30. The van der Waals surface area contributed by atoms with Crippen LogP contribution in [0.5, 0.6) is 0 Å². The molecule has 1 saturated carbocycles. The van der Waals surface area contributed by atoms with E-state index in [2.05, 4.69) is 0 Å². The van der Waals surface area contributed by atoms with Gasteiger partial charge in [0.25, 0.3) is 0 Å². The molecule has 0 heterocycles. The van der Waals surface area contributed by atoms with Crippen LogP contribution in [-0.4, -0.2) is 5.75 Å². The first-order valence-corrected chi connectivity index (χ1v) is 5.92. The molecule has 2 rings (SSSR count). The largest absolute Gasteiger partial charge is 0.399 e. The number of nitrogen functional groups attached to an aromatic ring is 1. The van der Waals surface area contributed by atoms with Gasteiger partial charge in [-0.3, -0.25) is 0 Å². The maximum atomic E-state index is 13.3. The van der Waals surface area contributed by atoms with Crippen LogP contribution in [0.3, 0.4) is 0 Å². The van der Waals surface area contributed by atoms with Gasteiger partial charge in [0.1, 0.15) is 5.82 Å². The highest BCUT2D eigenvalue weighted by Crippen LogP contribution is 2.35. The van der Waals surface area contributed by atoms with Crippen molar-refractivity contribution in [1.29, 1.82) is 0 Å². The van der Waals surface area contributed by atoms with E-state index in [1.54, 1.807) is 23.9 Å². The van der Waals surface area contributed by atoms with E-state index in [4.69, 9.17) is 5.73 Å². The molecule has 0 atom stereocenters.